The van der Waals surface area contributed by atoms with E-state index in [0.29, 0.717) is 24.6 Å². The lowest BCUT2D eigenvalue weighted by atomic mass is 10.2. The molecular weight excluding hydrogens is 260 g/mol. The topological polar surface area (TPSA) is 78.7 Å². The molecule has 0 aliphatic heterocycles. The number of aromatic nitrogens is 2. The number of anilines is 1. The van der Waals surface area contributed by atoms with E-state index in [2.05, 4.69) is 5.10 Å². The molecule has 0 fully saturated rings. The van der Waals surface area contributed by atoms with E-state index in [4.69, 9.17) is 0 Å². The monoisotopic (exact) mass is 282 g/mol. The van der Waals surface area contributed by atoms with Crippen molar-refractivity contribution >= 4 is 17.7 Å². The van der Waals surface area contributed by atoms with Crippen LogP contribution in [0.1, 0.15) is 29.9 Å². The number of likely N-dealkylation sites (N-methyl/N-ethyl adjacent to an activating group) is 2. The summed E-state index contributed by atoms with van der Waals surface area (Å²) >= 11 is 0. The fraction of sp³-hybridized carbons (Fsp3) is 0.615. The van der Waals surface area contributed by atoms with Gasteiger partial charge in [-0.2, -0.15) is 5.10 Å². The van der Waals surface area contributed by atoms with Crippen molar-refractivity contribution in [1.82, 2.24) is 14.7 Å². The Kier molecular flexibility index (Phi) is 5.12. The first kappa shape index (κ1) is 16.0. The maximum atomic E-state index is 12.1. The lowest BCUT2D eigenvalue weighted by molar-refractivity contribution is -0.129. The van der Waals surface area contributed by atoms with Crippen LogP contribution in [0.25, 0.3) is 0 Å². The third-order valence-corrected chi connectivity index (χ3v) is 3.26. The van der Waals surface area contributed by atoms with Crippen LogP contribution in [-0.2, 0) is 11.8 Å². The van der Waals surface area contributed by atoms with Gasteiger partial charge in [0.1, 0.15) is 11.4 Å². The highest BCUT2D eigenvalue weighted by molar-refractivity contribution is 5.95. The number of carboxylic acid groups (broad SMARTS) is 1. The SMILES string of the molecule is CCN(CC)C(=O)CN(C)c1c(C(=O)O)c(C)nn1C. The number of amides is 1. The number of nitrogens with zero attached hydrogens (tertiary/aromatic N) is 4. The Morgan fingerprint density at radius 1 is 1.30 bits per heavy atom. The van der Waals surface area contributed by atoms with Gasteiger partial charge in [0.25, 0.3) is 0 Å². The van der Waals surface area contributed by atoms with E-state index in [1.807, 2.05) is 13.8 Å². The summed E-state index contributed by atoms with van der Waals surface area (Å²) in [6.07, 6.45) is 0. The standard InChI is InChI=1S/C13H22N4O3/c1-6-17(7-2)10(18)8-15(4)12-11(13(19)20)9(3)14-16(12)5/h6-8H2,1-5H3,(H,19,20). The number of carboxylic acids is 1. The van der Waals surface area contributed by atoms with Gasteiger partial charge in [-0.25, -0.2) is 4.79 Å². The second-order valence-corrected chi connectivity index (χ2v) is 4.63. The summed E-state index contributed by atoms with van der Waals surface area (Å²) in [6.45, 7) is 6.88. The van der Waals surface area contributed by atoms with Gasteiger partial charge in [-0.15, -0.1) is 0 Å². The molecule has 7 nitrogen and oxygen atoms in total. The lowest BCUT2D eigenvalue weighted by Crippen LogP contribution is -2.39. The Labute approximate surface area is 118 Å². The van der Waals surface area contributed by atoms with Crippen molar-refractivity contribution in [2.24, 2.45) is 7.05 Å². The predicted molar refractivity (Wildman–Crippen MR) is 76.1 cm³/mol. The molecule has 7 heteroatoms. The predicted octanol–water partition coefficient (Wildman–Crippen LogP) is 0.731. The summed E-state index contributed by atoms with van der Waals surface area (Å²) < 4.78 is 1.49. The smallest absolute Gasteiger partial charge is 0.341 e. The van der Waals surface area contributed by atoms with Gasteiger partial charge in [-0.3, -0.25) is 9.48 Å². The van der Waals surface area contributed by atoms with E-state index in [1.165, 1.54) is 4.68 Å². The second kappa shape index (κ2) is 6.40. The average molecular weight is 282 g/mol. The molecule has 0 bridgehead atoms. The summed E-state index contributed by atoms with van der Waals surface area (Å²) in [5.41, 5.74) is 0.583. The first-order valence-corrected chi connectivity index (χ1v) is 6.59. The van der Waals surface area contributed by atoms with Gasteiger partial charge in [0, 0.05) is 27.2 Å². The van der Waals surface area contributed by atoms with Crippen molar-refractivity contribution in [2.45, 2.75) is 20.8 Å². The maximum absolute atomic E-state index is 12.1. The van der Waals surface area contributed by atoms with Gasteiger partial charge >= 0.3 is 5.97 Å². The van der Waals surface area contributed by atoms with Crippen molar-refractivity contribution in [3.05, 3.63) is 11.3 Å². The van der Waals surface area contributed by atoms with E-state index >= 15 is 0 Å². The second-order valence-electron chi connectivity index (χ2n) is 4.63. The first-order chi connectivity index (χ1) is 9.33. The Morgan fingerprint density at radius 2 is 1.85 bits per heavy atom. The maximum Gasteiger partial charge on any atom is 0.341 e. The van der Waals surface area contributed by atoms with Crippen LogP contribution >= 0.6 is 0 Å². The molecule has 112 valence electrons. The Hall–Kier alpha value is -2.05. The molecule has 0 spiro atoms. The number of carbonyl (C=O) groups is 2. The zero-order valence-corrected chi connectivity index (χ0v) is 12.7. The molecule has 1 rings (SSSR count). The lowest BCUT2D eigenvalue weighted by Gasteiger charge is -2.24. The first-order valence-electron chi connectivity index (χ1n) is 6.59. The minimum Gasteiger partial charge on any atom is -0.477 e. The van der Waals surface area contributed by atoms with Crippen LogP contribution in [0.2, 0.25) is 0 Å². The number of hydrogen-bond donors (Lipinski definition) is 1. The summed E-state index contributed by atoms with van der Waals surface area (Å²) in [4.78, 5) is 26.8. The van der Waals surface area contributed by atoms with Crippen LogP contribution in [0.4, 0.5) is 5.82 Å². The van der Waals surface area contributed by atoms with E-state index in [-0.39, 0.29) is 18.0 Å². The summed E-state index contributed by atoms with van der Waals surface area (Å²) in [6, 6.07) is 0. The van der Waals surface area contributed by atoms with Gasteiger partial charge in [0.05, 0.1) is 12.2 Å². The number of hydrogen-bond acceptors (Lipinski definition) is 4. The van der Waals surface area contributed by atoms with E-state index < -0.39 is 5.97 Å². The summed E-state index contributed by atoms with van der Waals surface area (Å²) in [5, 5.41) is 13.4. The molecule has 0 unspecified atom stereocenters. The third kappa shape index (κ3) is 3.09. The highest BCUT2D eigenvalue weighted by Gasteiger charge is 2.24. The molecule has 0 saturated heterocycles. The van der Waals surface area contributed by atoms with Gasteiger partial charge in [0.2, 0.25) is 5.91 Å². The highest BCUT2D eigenvalue weighted by Crippen LogP contribution is 2.22. The molecule has 0 aliphatic carbocycles. The normalized spacial score (nSPS) is 10.4. The van der Waals surface area contributed by atoms with Gasteiger partial charge < -0.3 is 14.9 Å². The molecule has 1 heterocycles. The molecule has 1 aromatic heterocycles. The van der Waals surface area contributed by atoms with E-state index in [1.54, 1.807) is 30.8 Å². The Balaban J connectivity index is 3.01. The van der Waals surface area contributed by atoms with Gasteiger partial charge in [-0.1, -0.05) is 0 Å². The van der Waals surface area contributed by atoms with Crippen molar-refractivity contribution in [3.8, 4) is 0 Å². The summed E-state index contributed by atoms with van der Waals surface area (Å²) in [7, 11) is 3.37. The minimum absolute atomic E-state index is 0.0345. The fourth-order valence-electron chi connectivity index (χ4n) is 2.29. The molecule has 0 saturated carbocycles. The Morgan fingerprint density at radius 3 is 2.30 bits per heavy atom. The zero-order valence-electron chi connectivity index (χ0n) is 12.7. The van der Waals surface area contributed by atoms with Gasteiger partial charge in [0.15, 0.2) is 0 Å². The number of aromatic carboxylic acids is 1. The molecule has 0 atom stereocenters. The van der Waals surface area contributed by atoms with Crippen molar-refractivity contribution < 1.29 is 14.7 Å². The molecule has 0 radical (unpaired) electrons. The molecule has 1 N–H and O–H groups in total. The largest absolute Gasteiger partial charge is 0.477 e. The van der Waals surface area contributed by atoms with Crippen molar-refractivity contribution in [2.75, 3.05) is 31.6 Å². The van der Waals surface area contributed by atoms with Crippen LogP contribution in [0.15, 0.2) is 0 Å². The zero-order chi connectivity index (χ0) is 15.4. The van der Waals surface area contributed by atoms with Crippen molar-refractivity contribution in [1.29, 1.82) is 0 Å². The fourth-order valence-corrected chi connectivity index (χ4v) is 2.29. The molecule has 1 aromatic rings. The number of aryl methyl sites for hydroxylation is 2. The highest BCUT2D eigenvalue weighted by atomic mass is 16.4. The number of carbonyl (C=O) groups excluding carboxylic acids is 1. The molecule has 0 aliphatic rings. The molecule has 0 aromatic carbocycles. The average Bonchev–Trinajstić information content (AvgIpc) is 2.65. The minimum atomic E-state index is -1.03. The van der Waals surface area contributed by atoms with E-state index in [0.717, 1.165) is 0 Å². The van der Waals surface area contributed by atoms with E-state index in [9.17, 15) is 14.7 Å². The van der Waals surface area contributed by atoms with Crippen LogP contribution in [-0.4, -0.2) is 58.3 Å². The van der Waals surface area contributed by atoms with Crippen molar-refractivity contribution in [3.63, 3.8) is 0 Å². The quantitative estimate of drug-likeness (QED) is 0.832. The summed E-state index contributed by atoms with van der Waals surface area (Å²) in [5.74, 6) is -0.629. The molecule has 1 amide bonds. The molecule has 20 heavy (non-hydrogen) atoms. The van der Waals surface area contributed by atoms with Crippen LogP contribution < -0.4 is 4.90 Å². The number of rotatable bonds is 6. The Bertz CT molecular complexity index is 506. The molecular formula is C13H22N4O3. The third-order valence-electron chi connectivity index (χ3n) is 3.26. The van der Waals surface area contributed by atoms with Crippen LogP contribution in [0.3, 0.4) is 0 Å². The van der Waals surface area contributed by atoms with Crippen LogP contribution in [0.5, 0.6) is 0 Å². The van der Waals surface area contributed by atoms with Gasteiger partial charge in [-0.05, 0) is 20.8 Å². The van der Waals surface area contributed by atoms with Crippen LogP contribution in [0, 0.1) is 6.92 Å².